The minimum absolute atomic E-state index is 0. The maximum Gasteiger partial charge on any atom is 0.237 e. The zero-order chi connectivity index (χ0) is 13.9. The Hall–Kier alpha value is -0.330. The molecule has 0 saturated heterocycles. The lowest BCUT2D eigenvalue weighted by Gasteiger charge is -2.27. The van der Waals surface area contributed by atoms with Gasteiger partial charge in [-0.1, -0.05) is 27.7 Å². The van der Waals surface area contributed by atoms with Gasteiger partial charge < -0.3 is 11.1 Å². The highest BCUT2D eigenvalue weighted by Gasteiger charge is 2.28. The maximum atomic E-state index is 11.7. The molecule has 0 radical (unpaired) electrons. The molecule has 1 amide bonds. The first kappa shape index (κ1) is 20.0. The fourth-order valence-corrected chi connectivity index (χ4v) is 2.35. The smallest absolute Gasteiger partial charge is 0.237 e. The van der Waals surface area contributed by atoms with Crippen LogP contribution in [0.4, 0.5) is 0 Å². The van der Waals surface area contributed by atoms with Gasteiger partial charge in [-0.2, -0.15) is 0 Å². The van der Waals surface area contributed by atoms with Gasteiger partial charge in [0.25, 0.3) is 0 Å². The maximum absolute atomic E-state index is 11.7. The van der Waals surface area contributed by atoms with Crippen molar-refractivity contribution in [3.8, 4) is 0 Å². The fraction of sp³-hybridized carbons (Fsp3) is 0.909. The molecule has 0 rings (SSSR count). The van der Waals surface area contributed by atoms with Crippen LogP contribution in [0.15, 0.2) is 0 Å². The van der Waals surface area contributed by atoms with Gasteiger partial charge in [-0.3, -0.25) is 4.79 Å². The number of amides is 1. The number of carbonyl (C=O) groups excluding carboxylic acids is 1. The van der Waals surface area contributed by atoms with Crippen molar-refractivity contribution in [2.45, 2.75) is 46.7 Å². The van der Waals surface area contributed by atoms with Crippen LogP contribution in [0.1, 0.15) is 34.6 Å². The first-order valence-electron chi connectivity index (χ1n) is 5.76. The second-order valence-electron chi connectivity index (χ2n) is 5.45. The van der Waals surface area contributed by atoms with Gasteiger partial charge in [0.15, 0.2) is 9.84 Å². The monoisotopic (exact) mass is 300 g/mol. The minimum Gasteiger partial charge on any atom is -0.351 e. The zero-order valence-electron chi connectivity index (χ0n) is 11.7. The van der Waals surface area contributed by atoms with E-state index in [0.29, 0.717) is 0 Å². The zero-order valence-corrected chi connectivity index (χ0v) is 13.3. The van der Waals surface area contributed by atoms with E-state index >= 15 is 0 Å². The third kappa shape index (κ3) is 7.18. The summed E-state index contributed by atoms with van der Waals surface area (Å²) in [4.78, 5) is 11.7. The molecule has 0 aliphatic heterocycles. The lowest BCUT2D eigenvalue weighted by atomic mass is 9.87. The van der Waals surface area contributed by atoms with Crippen molar-refractivity contribution in [3.05, 3.63) is 0 Å². The van der Waals surface area contributed by atoms with E-state index in [-0.39, 0.29) is 35.2 Å². The van der Waals surface area contributed by atoms with Gasteiger partial charge in [0, 0.05) is 11.8 Å². The average molecular weight is 301 g/mol. The Morgan fingerprint density at radius 3 is 2.11 bits per heavy atom. The topological polar surface area (TPSA) is 89.3 Å². The van der Waals surface area contributed by atoms with Gasteiger partial charge in [0.05, 0.1) is 11.8 Å². The molecule has 0 fully saturated rings. The Kier molecular flexibility index (Phi) is 8.12. The summed E-state index contributed by atoms with van der Waals surface area (Å²) < 4.78 is 22.8. The number of halogens is 1. The number of hydrogen-bond donors (Lipinski definition) is 2. The lowest BCUT2D eigenvalue weighted by molar-refractivity contribution is -0.124. The fourth-order valence-electron chi connectivity index (χ4n) is 1.27. The quantitative estimate of drug-likeness (QED) is 0.783. The molecule has 110 valence electrons. The Morgan fingerprint density at radius 1 is 1.33 bits per heavy atom. The molecule has 0 saturated carbocycles. The second-order valence-corrected chi connectivity index (χ2v) is 7.85. The van der Waals surface area contributed by atoms with E-state index in [9.17, 15) is 13.2 Å². The predicted octanol–water partition coefficient (Wildman–Crippen LogP) is 0.721. The summed E-state index contributed by atoms with van der Waals surface area (Å²) in [6.07, 6.45) is 0. The van der Waals surface area contributed by atoms with Crippen LogP contribution >= 0.6 is 12.4 Å². The van der Waals surface area contributed by atoms with E-state index in [1.165, 1.54) is 0 Å². The minimum atomic E-state index is -3.08. The van der Waals surface area contributed by atoms with E-state index < -0.39 is 21.9 Å². The number of carbonyl (C=O) groups is 1. The first-order chi connectivity index (χ1) is 7.49. The number of nitrogens with one attached hydrogen (secondary N) is 1. The number of sulfone groups is 1. The third-order valence-corrected chi connectivity index (χ3v) is 4.44. The summed E-state index contributed by atoms with van der Waals surface area (Å²) >= 11 is 0. The summed E-state index contributed by atoms with van der Waals surface area (Å²) in [6, 6.07) is -1.06. The molecule has 7 heteroatoms. The molecule has 3 N–H and O–H groups in total. The van der Waals surface area contributed by atoms with E-state index in [1.54, 1.807) is 13.8 Å². The average Bonchev–Trinajstić information content (AvgIpc) is 2.14. The second kappa shape index (κ2) is 7.31. The van der Waals surface area contributed by atoms with Gasteiger partial charge in [-0.05, 0) is 12.3 Å². The molecule has 1 unspecified atom stereocenters. The molecule has 0 heterocycles. The van der Waals surface area contributed by atoms with Gasteiger partial charge in [-0.15, -0.1) is 12.4 Å². The van der Waals surface area contributed by atoms with Crippen LogP contribution in [-0.2, 0) is 14.6 Å². The van der Waals surface area contributed by atoms with Gasteiger partial charge in [0.2, 0.25) is 5.91 Å². The SMILES string of the molecule is CCS(=O)(=O)CC(C)NC(=O)[C@@H](N)C(C)(C)C.Cl. The van der Waals surface area contributed by atoms with Crippen molar-refractivity contribution in [2.75, 3.05) is 11.5 Å². The molecule has 0 aromatic heterocycles. The molecule has 5 nitrogen and oxygen atoms in total. The number of nitrogens with two attached hydrogens (primary N) is 1. The van der Waals surface area contributed by atoms with Crippen molar-refractivity contribution >= 4 is 28.2 Å². The Labute approximate surface area is 116 Å². The van der Waals surface area contributed by atoms with Crippen LogP contribution in [0.25, 0.3) is 0 Å². The Morgan fingerprint density at radius 2 is 1.78 bits per heavy atom. The molecule has 0 aromatic rings. The summed E-state index contributed by atoms with van der Waals surface area (Å²) in [7, 11) is -3.08. The molecule has 0 spiro atoms. The highest BCUT2D eigenvalue weighted by molar-refractivity contribution is 7.91. The standard InChI is InChI=1S/C11H24N2O3S.ClH/c1-6-17(15,16)7-8(2)13-10(14)9(12)11(3,4)5;/h8-9H,6-7,12H2,1-5H3,(H,13,14);1H/t8?,9-;/m1./s1. The Bertz CT molecular complexity index is 363. The summed E-state index contributed by atoms with van der Waals surface area (Å²) in [5.74, 6) is -0.277. The molecule has 0 aliphatic carbocycles. The van der Waals surface area contributed by atoms with E-state index in [0.717, 1.165) is 0 Å². The van der Waals surface area contributed by atoms with E-state index in [2.05, 4.69) is 5.32 Å². The van der Waals surface area contributed by atoms with Gasteiger partial charge in [0.1, 0.15) is 0 Å². The number of rotatable bonds is 5. The summed E-state index contributed by atoms with van der Waals surface area (Å²) in [6.45, 7) is 8.85. The largest absolute Gasteiger partial charge is 0.351 e. The molecule has 0 bridgehead atoms. The van der Waals surface area contributed by atoms with E-state index in [1.807, 2.05) is 20.8 Å². The van der Waals surface area contributed by atoms with Gasteiger partial charge >= 0.3 is 0 Å². The molecular weight excluding hydrogens is 276 g/mol. The highest BCUT2D eigenvalue weighted by atomic mass is 35.5. The van der Waals surface area contributed by atoms with Crippen LogP contribution in [0.3, 0.4) is 0 Å². The molecule has 2 atom stereocenters. The van der Waals surface area contributed by atoms with Crippen LogP contribution in [0.2, 0.25) is 0 Å². The predicted molar refractivity (Wildman–Crippen MR) is 76.6 cm³/mol. The van der Waals surface area contributed by atoms with Crippen molar-refractivity contribution in [2.24, 2.45) is 11.1 Å². The molecule has 0 aliphatic rings. The van der Waals surface area contributed by atoms with Crippen molar-refractivity contribution in [1.82, 2.24) is 5.32 Å². The van der Waals surface area contributed by atoms with E-state index in [4.69, 9.17) is 5.73 Å². The normalized spacial score (nSPS) is 15.4. The number of hydrogen-bond acceptors (Lipinski definition) is 4. The summed E-state index contributed by atoms with van der Waals surface area (Å²) in [5.41, 5.74) is 5.44. The lowest BCUT2D eigenvalue weighted by Crippen LogP contribution is -2.52. The third-order valence-electron chi connectivity index (χ3n) is 2.55. The molecule has 0 aromatic carbocycles. The van der Waals surface area contributed by atoms with Crippen LogP contribution in [-0.4, -0.2) is 37.9 Å². The van der Waals surface area contributed by atoms with Crippen molar-refractivity contribution < 1.29 is 13.2 Å². The summed E-state index contributed by atoms with van der Waals surface area (Å²) in [5, 5.41) is 2.63. The molecule has 18 heavy (non-hydrogen) atoms. The van der Waals surface area contributed by atoms with Gasteiger partial charge in [-0.25, -0.2) is 8.42 Å². The van der Waals surface area contributed by atoms with Crippen molar-refractivity contribution in [1.29, 1.82) is 0 Å². The van der Waals surface area contributed by atoms with Crippen LogP contribution < -0.4 is 11.1 Å². The highest BCUT2D eigenvalue weighted by Crippen LogP contribution is 2.17. The first-order valence-corrected chi connectivity index (χ1v) is 7.58. The Balaban J connectivity index is 0. The van der Waals surface area contributed by atoms with Crippen LogP contribution in [0, 0.1) is 5.41 Å². The van der Waals surface area contributed by atoms with Crippen LogP contribution in [0.5, 0.6) is 0 Å². The molecular formula is C11H25ClN2O3S. The van der Waals surface area contributed by atoms with Crippen molar-refractivity contribution in [3.63, 3.8) is 0 Å².